The van der Waals surface area contributed by atoms with Gasteiger partial charge >= 0.3 is 0 Å². The van der Waals surface area contributed by atoms with E-state index in [1.54, 1.807) is 42.7 Å². The van der Waals surface area contributed by atoms with Gasteiger partial charge in [-0.25, -0.2) is 4.98 Å². The van der Waals surface area contributed by atoms with E-state index >= 15 is 0 Å². The molecule has 0 radical (unpaired) electrons. The number of fused-ring (bicyclic) bond motifs is 1. The summed E-state index contributed by atoms with van der Waals surface area (Å²) < 4.78 is 11.5. The first-order valence-electron chi connectivity index (χ1n) is 9.39. The number of hydrogen-bond acceptors (Lipinski definition) is 5. The number of hydrogen-bond donors (Lipinski definition) is 0. The maximum absolute atomic E-state index is 13.3. The van der Waals surface area contributed by atoms with E-state index in [4.69, 9.17) is 9.15 Å². The van der Waals surface area contributed by atoms with E-state index in [2.05, 4.69) is 9.97 Å². The highest BCUT2D eigenvalue weighted by molar-refractivity contribution is 6.31. The van der Waals surface area contributed by atoms with E-state index < -0.39 is 0 Å². The van der Waals surface area contributed by atoms with Crippen LogP contribution in [0.1, 0.15) is 35.7 Å². The molecule has 0 fully saturated rings. The van der Waals surface area contributed by atoms with Gasteiger partial charge in [-0.1, -0.05) is 18.2 Å². The summed E-state index contributed by atoms with van der Waals surface area (Å²) in [5.41, 5.74) is 3.02. The van der Waals surface area contributed by atoms with Crippen LogP contribution >= 0.6 is 0 Å². The number of Topliss-reactive ketones (excluding diaryl/α,β-unsaturated/α-hetero) is 1. The maximum atomic E-state index is 13.3. The van der Waals surface area contributed by atoms with E-state index in [1.807, 2.05) is 50.2 Å². The predicted molar refractivity (Wildman–Crippen MR) is 113 cm³/mol. The Kier molecular flexibility index (Phi) is 5.20. The summed E-state index contributed by atoms with van der Waals surface area (Å²) >= 11 is 0. The SMILES string of the molecule is CC(C)Oc1ccc(C(=O)/C(=C/c2cccnc2)c2nc3ccccc3o2)cc1. The van der Waals surface area contributed by atoms with Crippen molar-refractivity contribution >= 4 is 28.5 Å². The van der Waals surface area contributed by atoms with Gasteiger partial charge in [0.15, 0.2) is 11.4 Å². The van der Waals surface area contributed by atoms with E-state index in [1.165, 1.54) is 0 Å². The smallest absolute Gasteiger partial charge is 0.231 e. The summed E-state index contributed by atoms with van der Waals surface area (Å²) in [6.07, 6.45) is 5.19. The summed E-state index contributed by atoms with van der Waals surface area (Å²) in [5.74, 6) is 0.815. The zero-order valence-corrected chi connectivity index (χ0v) is 16.2. The molecule has 0 aliphatic heterocycles. The zero-order valence-electron chi connectivity index (χ0n) is 16.2. The molecule has 0 aliphatic rings. The predicted octanol–water partition coefficient (Wildman–Crippen LogP) is 5.43. The third kappa shape index (κ3) is 4.24. The molecule has 0 saturated heterocycles. The number of nitrogens with zero attached hydrogens (tertiary/aromatic N) is 2. The molecule has 0 unspecified atom stereocenters. The monoisotopic (exact) mass is 384 g/mol. The van der Waals surface area contributed by atoms with Crippen molar-refractivity contribution in [2.24, 2.45) is 0 Å². The van der Waals surface area contributed by atoms with Gasteiger partial charge in [-0.3, -0.25) is 9.78 Å². The Morgan fingerprint density at radius 3 is 2.52 bits per heavy atom. The molecule has 0 bridgehead atoms. The minimum Gasteiger partial charge on any atom is -0.491 e. The van der Waals surface area contributed by atoms with Crippen LogP contribution in [-0.2, 0) is 0 Å². The second-order valence-electron chi connectivity index (χ2n) is 6.85. The normalized spacial score (nSPS) is 11.8. The fourth-order valence-corrected chi connectivity index (χ4v) is 2.95. The zero-order chi connectivity index (χ0) is 20.2. The first-order chi connectivity index (χ1) is 14.1. The molecule has 0 spiro atoms. The molecule has 0 aliphatic carbocycles. The van der Waals surface area contributed by atoms with Gasteiger partial charge in [0.25, 0.3) is 0 Å². The second kappa shape index (κ2) is 8.10. The Morgan fingerprint density at radius 1 is 1.03 bits per heavy atom. The number of para-hydroxylation sites is 2. The molecule has 4 aromatic rings. The van der Waals surface area contributed by atoms with Crippen molar-refractivity contribution in [3.8, 4) is 5.75 Å². The number of pyridine rings is 1. The Morgan fingerprint density at radius 2 is 1.83 bits per heavy atom. The van der Waals surface area contributed by atoms with Gasteiger partial charge < -0.3 is 9.15 Å². The van der Waals surface area contributed by atoms with Crippen LogP contribution in [0.15, 0.2) is 77.5 Å². The van der Waals surface area contributed by atoms with Gasteiger partial charge in [0.05, 0.1) is 11.7 Å². The van der Waals surface area contributed by atoms with E-state index in [9.17, 15) is 4.79 Å². The average Bonchev–Trinajstić information content (AvgIpc) is 3.16. The standard InChI is InChI=1S/C24H20N2O3/c1-16(2)28-19-11-9-18(10-12-19)23(27)20(14-17-6-5-13-25-15-17)24-26-21-7-3-4-8-22(21)29-24/h3-16H,1-2H3/b20-14-. The van der Waals surface area contributed by atoms with Crippen molar-refractivity contribution in [2.75, 3.05) is 0 Å². The molecule has 2 aromatic heterocycles. The number of benzene rings is 2. The molecular weight excluding hydrogens is 364 g/mol. The molecular formula is C24H20N2O3. The third-order valence-electron chi connectivity index (χ3n) is 4.25. The first kappa shape index (κ1) is 18.6. The molecule has 2 heterocycles. The molecule has 0 atom stereocenters. The van der Waals surface area contributed by atoms with Gasteiger partial charge in [-0.2, -0.15) is 0 Å². The van der Waals surface area contributed by atoms with Crippen LogP contribution in [0.3, 0.4) is 0 Å². The van der Waals surface area contributed by atoms with Crippen molar-refractivity contribution in [2.45, 2.75) is 20.0 Å². The number of carbonyl (C=O) groups is 1. The van der Waals surface area contributed by atoms with Crippen LogP contribution in [0.5, 0.6) is 5.75 Å². The summed E-state index contributed by atoms with van der Waals surface area (Å²) in [6.45, 7) is 3.92. The van der Waals surface area contributed by atoms with Gasteiger partial charge in [0.2, 0.25) is 5.89 Å². The van der Waals surface area contributed by atoms with Crippen LogP contribution in [0.2, 0.25) is 0 Å². The van der Waals surface area contributed by atoms with Crippen molar-refractivity contribution in [3.63, 3.8) is 0 Å². The lowest BCUT2D eigenvalue weighted by Crippen LogP contribution is -2.06. The summed E-state index contributed by atoms with van der Waals surface area (Å²) in [7, 11) is 0. The minimum absolute atomic E-state index is 0.0670. The highest BCUT2D eigenvalue weighted by Gasteiger charge is 2.20. The fraction of sp³-hybridized carbons (Fsp3) is 0.125. The molecule has 29 heavy (non-hydrogen) atoms. The van der Waals surface area contributed by atoms with Crippen molar-refractivity contribution < 1.29 is 13.9 Å². The number of allylic oxidation sites excluding steroid dienone is 1. The van der Waals surface area contributed by atoms with E-state index in [-0.39, 0.29) is 17.8 Å². The Hall–Kier alpha value is -3.73. The van der Waals surface area contributed by atoms with Crippen LogP contribution in [0.4, 0.5) is 0 Å². The quantitative estimate of drug-likeness (QED) is 0.327. The number of rotatable bonds is 6. The molecule has 0 saturated carbocycles. The van der Waals surface area contributed by atoms with E-state index in [0.29, 0.717) is 22.2 Å². The number of aromatic nitrogens is 2. The number of carbonyl (C=O) groups excluding carboxylic acids is 1. The van der Waals surface area contributed by atoms with Crippen LogP contribution in [0, 0.1) is 0 Å². The summed E-state index contributed by atoms with van der Waals surface area (Å²) in [5, 5.41) is 0. The first-order valence-corrected chi connectivity index (χ1v) is 9.39. The lowest BCUT2D eigenvalue weighted by Gasteiger charge is -2.10. The Balaban J connectivity index is 1.75. The van der Waals surface area contributed by atoms with Crippen LogP contribution in [0.25, 0.3) is 22.7 Å². The van der Waals surface area contributed by atoms with Gasteiger partial charge in [-0.05, 0) is 68.0 Å². The minimum atomic E-state index is -0.184. The van der Waals surface area contributed by atoms with Gasteiger partial charge in [-0.15, -0.1) is 0 Å². The molecule has 0 amide bonds. The lowest BCUT2D eigenvalue weighted by molar-refractivity contribution is 0.105. The number of oxazole rings is 1. The number of ketones is 1. The number of ether oxygens (including phenoxy) is 1. The lowest BCUT2D eigenvalue weighted by atomic mass is 10.0. The fourth-order valence-electron chi connectivity index (χ4n) is 2.95. The maximum Gasteiger partial charge on any atom is 0.231 e. The third-order valence-corrected chi connectivity index (χ3v) is 4.25. The van der Waals surface area contributed by atoms with Crippen LogP contribution < -0.4 is 4.74 Å². The highest BCUT2D eigenvalue weighted by Crippen LogP contribution is 2.27. The molecule has 5 nitrogen and oxygen atoms in total. The van der Waals surface area contributed by atoms with Crippen LogP contribution in [-0.4, -0.2) is 21.9 Å². The summed E-state index contributed by atoms with van der Waals surface area (Å²) in [4.78, 5) is 22.0. The van der Waals surface area contributed by atoms with Crippen molar-refractivity contribution in [3.05, 3.63) is 90.1 Å². The molecule has 2 aromatic carbocycles. The summed E-state index contributed by atoms with van der Waals surface area (Å²) in [6, 6.07) is 18.2. The topological polar surface area (TPSA) is 65.2 Å². The largest absolute Gasteiger partial charge is 0.491 e. The second-order valence-corrected chi connectivity index (χ2v) is 6.85. The Labute approximate surface area is 168 Å². The van der Waals surface area contributed by atoms with E-state index in [0.717, 1.165) is 11.3 Å². The molecule has 144 valence electrons. The molecule has 0 N–H and O–H groups in total. The average molecular weight is 384 g/mol. The highest BCUT2D eigenvalue weighted by atomic mass is 16.5. The molecule has 4 rings (SSSR count). The molecule has 5 heteroatoms. The van der Waals surface area contributed by atoms with Crippen molar-refractivity contribution in [1.29, 1.82) is 0 Å². The van der Waals surface area contributed by atoms with Gasteiger partial charge in [0.1, 0.15) is 11.3 Å². The Bertz CT molecular complexity index is 1130. The van der Waals surface area contributed by atoms with Gasteiger partial charge in [0, 0.05) is 18.0 Å². The van der Waals surface area contributed by atoms with Crippen molar-refractivity contribution in [1.82, 2.24) is 9.97 Å².